The van der Waals surface area contributed by atoms with Crippen molar-refractivity contribution in [2.75, 3.05) is 37.7 Å². The molecule has 1 fully saturated rings. The highest BCUT2D eigenvalue weighted by Gasteiger charge is 2.37. The fraction of sp³-hybridized carbons (Fsp3) is 0.333. The molecule has 136 valence electrons. The molecule has 0 aliphatic carbocycles. The number of hydrogen-bond donors (Lipinski definition) is 0. The lowest BCUT2D eigenvalue weighted by atomic mass is 10.1. The number of ether oxygens (including phenoxy) is 2. The van der Waals surface area contributed by atoms with Gasteiger partial charge in [-0.05, 0) is 40.2 Å². The predicted octanol–water partition coefficient (Wildman–Crippen LogP) is 2.31. The lowest BCUT2D eigenvalue weighted by Crippen LogP contribution is -2.54. The van der Waals surface area contributed by atoms with E-state index in [9.17, 15) is 9.59 Å². The fourth-order valence-corrected chi connectivity index (χ4v) is 3.41. The highest BCUT2D eigenvalue weighted by atomic mass is 79.9. The summed E-state index contributed by atoms with van der Waals surface area (Å²) in [5.41, 5.74) is 0.621. The van der Waals surface area contributed by atoms with Gasteiger partial charge in [-0.25, -0.2) is 0 Å². The summed E-state index contributed by atoms with van der Waals surface area (Å²) in [5, 5.41) is 0. The highest BCUT2D eigenvalue weighted by molar-refractivity contribution is 9.10. The molecule has 1 saturated heterocycles. The van der Waals surface area contributed by atoms with Crippen LogP contribution in [-0.2, 0) is 9.53 Å². The molecule has 0 N–H and O–H groups in total. The molecule has 26 heavy (non-hydrogen) atoms. The minimum Gasteiger partial charge on any atom is -0.476 e. The van der Waals surface area contributed by atoms with Crippen LogP contribution in [0, 0.1) is 0 Å². The van der Waals surface area contributed by atoms with Gasteiger partial charge in [0.2, 0.25) is 0 Å². The van der Waals surface area contributed by atoms with Crippen molar-refractivity contribution in [3.63, 3.8) is 0 Å². The standard InChI is InChI=1S/C18H17BrN2O5/c19-16-6-5-14(26-16)18(23)21-11-15(17(22)20-7-9-24-10-8-20)25-13-4-2-1-3-12(13)21/h1-6,15H,7-11H2. The Morgan fingerprint density at radius 3 is 2.58 bits per heavy atom. The molecule has 8 heteroatoms. The third-order valence-corrected chi connectivity index (χ3v) is 4.83. The van der Waals surface area contributed by atoms with Crippen molar-refractivity contribution < 1.29 is 23.5 Å². The molecule has 0 radical (unpaired) electrons. The summed E-state index contributed by atoms with van der Waals surface area (Å²) < 4.78 is 17.1. The number of para-hydroxylation sites is 2. The van der Waals surface area contributed by atoms with Crippen molar-refractivity contribution in [3.8, 4) is 5.75 Å². The van der Waals surface area contributed by atoms with Gasteiger partial charge in [-0.3, -0.25) is 14.5 Å². The Kier molecular flexibility index (Phi) is 4.69. The molecule has 2 amide bonds. The Bertz CT molecular complexity index is 830. The van der Waals surface area contributed by atoms with E-state index in [2.05, 4.69) is 15.9 Å². The Morgan fingerprint density at radius 2 is 1.85 bits per heavy atom. The number of rotatable bonds is 2. The van der Waals surface area contributed by atoms with Crippen LogP contribution in [0.5, 0.6) is 5.75 Å². The monoisotopic (exact) mass is 420 g/mol. The van der Waals surface area contributed by atoms with Crippen LogP contribution < -0.4 is 9.64 Å². The number of benzene rings is 1. The van der Waals surface area contributed by atoms with Crippen molar-refractivity contribution in [2.45, 2.75) is 6.10 Å². The lowest BCUT2D eigenvalue weighted by molar-refractivity contribution is -0.142. The highest BCUT2D eigenvalue weighted by Crippen LogP contribution is 2.35. The van der Waals surface area contributed by atoms with E-state index < -0.39 is 6.10 Å². The summed E-state index contributed by atoms with van der Waals surface area (Å²) in [7, 11) is 0. The summed E-state index contributed by atoms with van der Waals surface area (Å²) in [6.45, 7) is 2.21. The Labute approximate surface area is 158 Å². The average molecular weight is 421 g/mol. The van der Waals surface area contributed by atoms with Gasteiger partial charge in [0.1, 0.15) is 5.75 Å². The lowest BCUT2D eigenvalue weighted by Gasteiger charge is -2.37. The van der Waals surface area contributed by atoms with Crippen LogP contribution in [-0.4, -0.2) is 55.7 Å². The molecule has 0 bridgehead atoms. The summed E-state index contributed by atoms with van der Waals surface area (Å²) in [6, 6.07) is 10.4. The molecule has 7 nitrogen and oxygen atoms in total. The molecule has 1 aromatic carbocycles. The zero-order valence-corrected chi connectivity index (χ0v) is 15.5. The first-order valence-corrected chi connectivity index (χ1v) is 9.12. The minimum atomic E-state index is -0.759. The van der Waals surface area contributed by atoms with Crippen LogP contribution in [0.4, 0.5) is 5.69 Å². The molecule has 2 aliphatic heterocycles. The summed E-state index contributed by atoms with van der Waals surface area (Å²) in [5.74, 6) is 0.253. The first-order valence-electron chi connectivity index (χ1n) is 8.33. The predicted molar refractivity (Wildman–Crippen MR) is 96.3 cm³/mol. The second-order valence-electron chi connectivity index (χ2n) is 6.03. The number of fused-ring (bicyclic) bond motifs is 1. The van der Waals surface area contributed by atoms with Gasteiger partial charge in [0.15, 0.2) is 16.5 Å². The molecule has 4 rings (SSSR count). The van der Waals surface area contributed by atoms with Crippen molar-refractivity contribution in [1.82, 2.24) is 4.90 Å². The quantitative estimate of drug-likeness (QED) is 0.745. The Hall–Kier alpha value is -2.32. The van der Waals surface area contributed by atoms with Crippen LogP contribution in [0.25, 0.3) is 0 Å². The number of carbonyl (C=O) groups excluding carboxylic acids is 2. The molecule has 1 atom stereocenters. The molecule has 2 aromatic rings. The Balaban J connectivity index is 1.62. The van der Waals surface area contributed by atoms with Crippen molar-refractivity contribution in [1.29, 1.82) is 0 Å². The van der Waals surface area contributed by atoms with E-state index in [1.807, 2.05) is 12.1 Å². The van der Waals surface area contributed by atoms with Gasteiger partial charge < -0.3 is 18.8 Å². The largest absolute Gasteiger partial charge is 0.476 e. The third-order valence-electron chi connectivity index (χ3n) is 4.40. The van der Waals surface area contributed by atoms with Crippen molar-refractivity contribution >= 4 is 33.4 Å². The molecular formula is C18H17BrN2O5. The molecular weight excluding hydrogens is 404 g/mol. The topological polar surface area (TPSA) is 72.2 Å². The number of amides is 2. The van der Waals surface area contributed by atoms with Gasteiger partial charge in [-0.2, -0.15) is 0 Å². The molecule has 2 aliphatic rings. The van der Waals surface area contributed by atoms with Gasteiger partial charge >= 0.3 is 0 Å². The number of anilines is 1. The smallest absolute Gasteiger partial charge is 0.294 e. The van der Waals surface area contributed by atoms with E-state index >= 15 is 0 Å². The maximum Gasteiger partial charge on any atom is 0.294 e. The Morgan fingerprint density at radius 1 is 1.08 bits per heavy atom. The van der Waals surface area contributed by atoms with Crippen LogP contribution in [0.3, 0.4) is 0 Å². The summed E-state index contributed by atoms with van der Waals surface area (Å²) in [6.07, 6.45) is -0.759. The van der Waals surface area contributed by atoms with Gasteiger partial charge in [0.25, 0.3) is 11.8 Å². The summed E-state index contributed by atoms with van der Waals surface area (Å²) >= 11 is 3.21. The number of furan rings is 1. The minimum absolute atomic E-state index is 0.129. The number of carbonyl (C=O) groups is 2. The number of hydrogen-bond acceptors (Lipinski definition) is 5. The zero-order chi connectivity index (χ0) is 18.1. The first-order chi connectivity index (χ1) is 12.6. The average Bonchev–Trinajstić information content (AvgIpc) is 3.13. The van der Waals surface area contributed by atoms with Crippen molar-refractivity contribution in [3.05, 3.63) is 46.8 Å². The first kappa shape index (κ1) is 17.1. The van der Waals surface area contributed by atoms with E-state index in [4.69, 9.17) is 13.9 Å². The van der Waals surface area contributed by atoms with Crippen LogP contribution >= 0.6 is 15.9 Å². The number of halogens is 1. The van der Waals surface area contributed by atoms with E-state index in [0.717, 1.165) is 0 Å². The van der Waals surface area contributed by atoms with Gasteiger partial charge in [0, 0.05) is 13.1 Å². The van der Waals surface area contributed by atoms with E-state index in [1.54, 1.807) is 29.2 Å². The van der Waals surface area contributed by atoms with E-state index in [0.29, 0.717) is 42.4 Å². The van der Waals surface area contributed by atoms with E-state index in [1.165, 1.54) is 4.90 Å². The summed E-state index contributed by atoms with van der Waals surface area (Å²) in [4.78, 5) is 29.0. The maximum absolute atomic E-state index is 12.9. The van der Waals surface area contributed by atoms with Gasteiger partial charge in [-0.1, -0.05) is 12.1 Å². The normalized spacial score (nSPS) is 19.7. The molecule has 1 aromatic heterocycles. The SMILES string of the molecule is O=C(C1CN(C(=O)c2ccc(Br)o2)c2ccccc2O1)N1CCOCC1. The van der Waals surface area contributed by atoms with E-state index in [-0.39, 0.29) is 24.1 Å². The van der Waals surface area contributed by atoms with Gasteiger partial charge in [0.05, 0.1) is 25.4 Å². The number of nitrogens with zero attached hydrogens (tertiary/aromatic N) is 2. The molecule has 0 spiro atoms. The molecule has 3 heterocycles. The maximum atomic E-state index is 12.9. The van der Waals surface area contributed by atoms with Gasteiger partial charge in [-0.15, -0.1) is 0 Å². The van der Waals surface area contributed by atoms with Crippen LogP contribution in [0.2, 0.25) is 0 Å². The number of morpholine rings is 1. The molecule has 0 saturated carbocycles. The fourth-order valence-electron chi connectivity index (χ4n) is 3.10. The van der Waals surface area contributed by atoms with Crippen LogP contribution in [0.15, 0.2) is 45.5 Å². The van der Waals surface area contributed by atoms with Crippen LogP contribution in [0.1, 0.15) is 10.6 Å². The third kappa shape index (κ3) is 3.22. The molecule has 1 unspecified atom stereocenters. The second kappa shape index (κ2) is 7.13. The second-order valence-corrected chi connectivity index (χ2v) is 6.81. The zero-order valence-electron chi connectivity index (χ0n) is 13.9. The van der Waals surface area contributed by atoms with Crippen molar-refractivity contribution in [2.24, 2.45) is 0 Å².